The minimum Gasteiger partial charge on any atom is -0.409 e. The van der Waals surface area contributed by atoms with Gasteiger partial charge in [0, 0.05) is 6.61 Å². The van der Waals surface area contributed by atoms with E-state index in [0.717, 1.165) is 25.7 Å². The van der Waals surface area contributed by atoms with E-state index in [2.05, 4.69) is 10.5 Å². The largest absolute Gasteiger partial charge is 0.409 e. The van der Waals surface area contributed by atoms with E-state index in [-0.39, 0.29) is 11.7 Å². The van der Waals surface area contributed by atoms with Gasteiger partial charge in [0.05, 0.1) is 6.04 Å². The zero-order valence-electron chi connectivity index (χ0n) is 10.2. The van der Waals surface area contributed by atoms with Gasteiger partial charge < -0.3 is 21.0 Å². The van der Waals surface area contributed by atoms with Gasteiger partial charge in [0.25, 0.3) is 0 Å². The Hall–Kier alpha value is -1.30. The Morgan fingerprint density at radius 1 is 1.65 bits per heavy atom. The molecule has 0 aromatic carbocycles. The molecule has 4 N–H and O–H groups in total. The highest BCUT2D eigenvalue weighted by molar-refractivity contribution is 5.91. The highest BCUT2D eigenvalue weighted by Gasteiger charge is 2.25. The molecule has 1 rings (SSSR count). The number of amidine groups is 1. The standard InChI is InChI=1S/C11H21N3O3/c1-2-5-8(10(12)14-16)13-11(15)9-6-3-4-7-17-9/h8-9,16H,2-7H2,1H3,(H2,12,14)(H,13,15). The summed E-state index contributed by atoms with van der Waals surface area (Å²) >= 11 is 0. The average Bonchev–Trinajstić information content (AvgIpc) is 2.38. The molecule has 1 aliphatic heterocycles. The van der Waals surface area contributed by atoms with E-state index in [1.807, 2.05) is 6.92 Å². The Labute approximate surface area is 101 Å². The Morgan fingerprint density at radius 3 is 2.94 bits per heavy atom. The van der Waals surface area contributed by atoms with Crippen molar-refractivity contribution in [2.75, 3.05) is 6.61 Å². The molecule has 17 heavy (non-hydrogen) atoms. The predicted octanol–water partition coefficient (Wildman–Crippen LogP) is 0.587. The number of nitrogens with zero attached hydrogens (tertiary/aromatic N) is 1. The fraction of sp³-hybridized carbons (Fsp3) is 0.818. The van der Waals surface area contributed by atoms with Crippen molar-refractivity contribution in [2.45, 2.75) is 51.2 Å². The van der Waals surface area contributed by atoms with Crippen LogP contribution in [0, 0.1) is 0 Å². The highest BCUT2D eigenvalue weighted by Crippen LogP contribution is 2.13. The molecule has 6 heteroatoms. The maximum Gasteiger partial charge on any atom is 0.249 e. The van der Waals surface area contributed by atoms with Crippen LogP contribution in [-0.2, 0) is 9.53 Å². The summed E-state index contributed by atoms with van der Waals surface area (Å²) in [6.07, 6.45) is 3.83. The molecule has 1 fully saturated rings. The number of amides is 1. The van der Waals surface area contributed by atoms with E-state index in [1.165, 1.54) is 0 Å². The normalized spacial score (nSPS) is 23.1. The Bertz CT molecular complexity index is 275. The monoisotopic (exact) mass is 243 g/mol. The van der Waals surface area contributed by atoms with Crippen LogP contribution < -0.4 is 11.1 Å². The third kappa shape index (κ3) is 4.22. The summed E-state index contributed by atoms with van der Waals surface area (Å²) in [5.41, 5.74) is 5.53. The fourth-order valence-corrected chi connectivity index (χ4v) is 1.86. The van der Waals surface area contributed by atoms with Crippen LogP contribution in [0.25, 0.3) is 0 Å². The molecule has 2 unspecified atom stereocenters. The van der Waals surface area contributed by atoms with Crippen molar-refractivity contribution in [2.24, 2.45) is 10.9 Å². The number of carbonyl (C=O) groups is 1. The van der Waals surface area contributed by atoms with Crippen LogP contribution in [-0.4, -0.2) is 35.7 Å². The van der Waals surface area contributed by atoms with E-state index in [9.17, 15) is 4.79 Å². The van der Waals surface area contributed by atoms with Crippen molar-refractivity contribution in [3.8, 4) is 0 Å². The second kappa shape index (κ2) is 7.11. The third-order valence-electron chi connectivity index (χ3n) is 2.84. The average molecular weight is 243 g/mol. The van der Waals surface area contributed by atoms with Gasteiger partial charge in [-0.3, -0.25) is 4.79 Å². The van der Waals surface area contributed by atoms with Crippen molar-refractivity contribution in [1.82, 2.24) is 5.32 Å². The molecule has 0 saturated carbocycles. The molecular weight excluding hydrogens is 222 g/mol. The Kier molecular flexibility index (Phi) is 5.76. The summed E-state index contributed by atoms with van der Waals surface area (Å²) in [7, 11) is 0. The fourth-order valence-electron chi connectivity index (χ4n) is 1.86. The van der Waals surface area contributed by atoms with Crippen LogP contribution in [0.4, 0.5) is 0 Å². The van der Waals surface area contributed by atoms with Gasteiger partial charge in [0.1, 0.15) is 6.10 Å². The lowest BCUT2D eigenvalue weighted by molar-refractivity contribution is -0.135. The first-order chi connectivity index (χ1) is 8.19. The van der Waals surface area contributed by atoms with Gasteiger partial charge in [-0.05, 0) is 25.7 Å². The lowest BCUT2D eigenvalue weighted by Gasteiger charge is -2.24. The lowest BCUT2D eigenvalue weighted by atomic mass is 10.1. The molecule has 0 spiro atoms. The molecule has 1 amide bonds. The first-order valence-corrected chi connectivity index (χ1v) is 6.08. The summed E-state index contributed by atoms with van der Waals surface area (Å²) < 4.78 is 5.38. The zero-order valence-corrected chi connectivity index (χ0v) is 10.2. The Balaban J connectivity index is 2.50. The summed E-state index contributed by atoms with van der Waals surface area (Å²) in [5, 5.41) is 14.3. The van der Waals surface area contributed by atoms with Gasteiger partial charge in [0.15, 0.2) is 5.84 Å². The van der Waals surface area contributed by atoms with Crippen LogP contribution >= 0.6 is 0 Å². The molecule has 0 radical (unpaired) electrons. The molecule has 1 saturated heterocycles. The molecule has 0 aliphatic carbocycles. The summed E-state index contributed by atoms with van der Waals surface area (Å²) in [6.45, 7) is 2.60. The molecule has 6 nitrogen and oxygen atoms in total. The van der Waals surface area contributed by atoms with Crippen molar-refractivity contribution >= 4 is 11.7 Å². The van der Waals surface area contributed by atoms with Crippen LogP contribution in [0.1, 0.15) is 39.0 Å². The van der Waals surface area contributed by atoms with E-state index in [4.69, 9.17) is 15.7 Å². The number of rotatable bonds is 5. The molecule has 1 aliphatic rings. The maximum absolute atomic E-state index is 11.9. The van der Waals surface area contributed by atoms with E-state index >= 15 is 0 Å². The lowest BCUT2D eigenvalue weighted by Crippen LogP contribution is -2.49. The van der Waals surface area contributed by atoms with Gasteiger partial charge in [0.2, 0.25) is 5.91 Å². The smallest absolute Gasteiger partial charge is 0.249 e. The van der Waals surface area contributed by atoms with Crippen LogP contribution in [0.5, 0.6) is 0 Å². The molecule has 98 valence electrons. The van der Waals surface area contributed by atoms with Crippen LogP contribution in [0.3, 0.4) is 0 Å². The van der Waals surface area contributed by atoms with Crippen LogP contribution in [0.2, 0.25) is 0 Å². The molecule has 0 aromatic heterocycles. The van der Waals surface area contributed by atoms with E-state index in [0.29, 0.717) is 13.0 Å². The van der Waals surface area contributed by atoms with Gasteiger partial charge in [-0.1, -0.05) is 18.5 Å². The topological polar surface area (TPSA) is 96.9 Å². The minimum absolute atomic E-state index is 0.0380. The summed E-state index contributed by atoms with van der Waals surface area (Å²) in [5.74, 6) is -0.134. The highest BCUT2D eigenvalue weighted by atomic mass is 16.5. The summed E-state index contributed by atoms with van der Waals surface area (Å²) in [4.78, 5) is 11.9. The SMILES string of the molecule is CCCC(NC(=O)C1CCCCO1)C(N)=NO. The van der Waals surface area contributed by atoms with Crippen molar-refractivity contribution in [3.05, 3.63) is 0 Å². The molecule has 2 atom stereocenters. The van der Waals surface area contributed by atoms with E-state index < -0.39 is 12.1 Å². The molecule has 0 aromatic rings. The molecule has 1 heterocycles. The second-order valence-corrected chi connectivity index (χ2v) is 4.23. The first-order valence-electron chi connectivity index (χ1n) is 6.08. The number of ether oxygens (including phenoxy) is 1. The van der Waals surface area contributed by atoms with Gasteiger partial charge in [-0.15, -0.1) is 0 Å². The van der Waals surface area contributed by atoms with E-state index in [1.54, 1.807) is 0 Å². The molecular formula is C11H21N3O3. The summed E-state index contributed by atoms with van der Waals surface area (Å²) in [6, 6.07) is -0.414. The number of nitrogens with two attached hydrogens (primary N) is 1. The van der Waals surface area contributed by atoms with Crippen molar-refractivity contribution in [1.29, 1.82) is 0 Å². The number of carbonyl (C=O) groups excluding carboxylic acids is 1. The van der Waals surface area contributed by atoms with Crippen molar-refractivity contribution < 1.29 is 14.7 Å². The predicted molar refractivity (Wildman–Crippen MR) is 63.8 cm³/mol. The maximum atomic E-state index is 11.9. The number of hydrogen-bond acceptors (Lipinski definition) is 4. The minimum atomic E-state index is -0.414. The third-order valence-corrected chi connectivity index (χ3v) is 2.84. The van der Waals surface area contributed by atoms with Crippen molar-refractivity contribution in [3.63, 3.8) is 0 Å². The molecule has 0 bridgehead atoms. The Morgan fingerprint density at radius 2 is 2.41 bits per heavy atom. The van der Waals surface area contributed by atoms with Crippen LogP contribution in [0.15, 0.2) is 5.16 Å². The van der Waals surface area contributed by atoms with Gasteiger partial charge in [-0.2, -0.15) is 0 Å². The van der Waals surface area contributed by atoms with Gasteiger partial charge >= 0.3 is 0 Å². The van der Waals surface area contributed by atoms with Gasteiger partial charge in [-0.25, -0.2) is 0 Å². The zero-order chi connectivity index (χ0) is 12.7. The second-order valence-electron chi connectivity index (χ2n) is 4.23. The quantitative estimate of drug-likeness (QED) is 0.285. The number of hydrogen-bond donors (Lipinski definition) is 3. The first kappa shape index (κ1) is 13.8. The number of nitrogens with one attached hydrogen (secondary N) is 1. The number of oxime groups is 1.